The smallest absolute Gasteiger partial charge is 0.126 e. The van der Waals surface area contributed by atoms with E-state index in [1.165, 1.54) is 0 Å². The number of rotatable bonds is 3. The maximum absolute atomic E-state index is 10.0. The van der Waals surface area contributed by atoms with Crippen molar-refractivity contribution in [2.45, 2.75) is 65.3 Å². The van der Waals surface area contributed by atoms with E-state index in [0.29, 0.717) is 6.54 Å². The maximum atomic E-state index is 10.0. The Morgan fingerprint density at radius 1 is 0.857 bits per heavy atom. The summed E-state index contributed by atoms with van der Waals surface area (Å²) in [7, 11) is 0. The number of hydrogen-bond donors (Lipinski definition) is 3. The largest absolute Gasteiger partial charge is 0.375 e. The molecule has 0 rings (SSSR count). The maximum Gasteiger partial charge on any atom is 0.126 e. The van der Waals surface area contributed by atoms with Gasteiger partial charge in [0.05, 0.1) is 0 Å². The van der Waals surface area contributed by atoms with Crippen molar-refractivity contribution in [1.29, 1.82) is 0 Å². The molecular formula is C11H26N2O. The van der Waals surface area contributed by atoms with Crippen LogP contribution in [0.5, 0.6) is 0 Å². The summed E-state index contributed by atoms with van der Waals surface area (Å²) in [6.45, 7) is 14.7. The number of aliphatic hydroxyl groups is 1. The number of β-amino-alcohol motifs (C(OH)–C–C–N with tert-alkyl or cyclic N) is 1. The molecule has 3 nitrogen and oxygen atoms in total. The van der Waals surface area contributed by atoms with Crippen LogP contribution in [-0.4, -0.2) is 28.5 Å². The summed E-state index contributed by atoms with van der Waals surface area (Å²) < 4.78 is 0. The van der Waals surface area contributed by atoms with E-state index in [0.717, 1.165) is 0 Å². The Balaban J connectivity index is 4.09. The minimum Gasteiger partial charge on any atom is -0.375 e. The molecule has 0 bridgehead atoms. The fraction of sp³-hybridized carbons (Fsp3) is 1.00. The minimum atomic E-state index is -0.870. The quantitative estimate of drug-likeness (QED) is 0.607. The van der Waals surface area contributed by atoms with Crippen LogP contribution in [0.1, 0.15) is 48.5 Å². The van der Waals surface area contributed by atoms with Crippen molar-refractivity contribution in [2.75, 3.05) is 6.54 Å². The van der Waals surface area contributed by atoms with Crippen molar-refractivity contribution in [3.8, 4) is 0 Å². The van der Waals surface area contributed by atoms with Gasteiger partial charge in [0.2, 0.25) is 0 Å². The summed E-state index contributed by atoms with van der Waals surface area (Å²) in [5.41, 5.74) is -0.919. The lowest BCUT2D eigenvalue weighted by molar-refractivity contribution is -0.00321. The highest BCUT2D eigenvalue weighted by molar-refractivity contribution is 4.84. The highest BCUT2D eigenvalue weighted by Crippen LogP contribution is 2.09. The Hall–Kier alpha value is -0.120. The molecule has 0 aromatic heterocycles. The molecule has 0 heterocycles. The van der Waals surface area contributed by atoms with E-state index in [4.69, 9.17) is 0 Å². The van der Waals surface area contributed by atoms with E-state index in [1.54, 1.807) is 6.92 Å². The lowest BCUT2D eigenvalue weighted by Gasteiger charge is -2.35. The molecule has 86 valence electrons. The molecule has 0 aromatic carbocycles. The molecule has 1 unspecified atom stereocenters. The van der Waals surface area contributed by atoms with Gasteiger partial charge in [0.25, 0.3) is 0 Å². The van der Waals surface area contributed by atoms with Gasteiger partial charge < -0.3 is 10.4 Å². The van der Waals surface area contributed by atoms with Crippen molar-refractivity contribution in [2.24, 2.45) is 0 Å². The van der Waals surface area contributed by atoms with E-state index in [1.807, 2.05) is 20.8 Å². The van der Waals surface area contributed by atoms with E-state index < -0.39 is 5.72 Å². The summed E-state index contributed by atoms with van der Waals surface area (Å²) in [6, 6.07) is 0. The summed E-state index contributed by atoms with van der Waals surface area (Å²) in [5.74, 6) is 0. The third-order valence-electron chi connectivity index (χ3n) is 1.61. The zero-order chi connectivity index (χ0) is 11.6. The fourth-order valence-electron chi connectivity index (χ4n) is 1.29. The van der Waals surface area contributed by atoms with Crippen LogP contribution in [0.4, 0.5) is 0 Å². The molecule has 3 heteroatoms. The summed E-state index contributed by atoms with van der Waals surface area (Å²) >= 11 is 0. The van der Waals surface area contributed by atoms with Gasteiger partial charge in [0.1, 0.15) is 5.72 Å². The normalized spacial score (nSPS) is 18.0. The molecule has 0 aromatic rings. The molecule has 0 aliphatic carbocycles. The van der Waals surface area contributed by atoms with Crippen molar-refractivity contribution < 1.29 is 5.11 Å². The predicted molar refractivity (Wildman–Crippen MR) is 61.3 cm³/mol. The van der Waals surface area contributed by atoms with E-state index in [-0.39, 0.29) is 11.1 Å². The van der Waals surface area contributed by atoms with Crippen LogP contribution >= 0.6 is 0 Å². The number of nitrogens with one attached hydrogen (secondary N) is 2. The monoisotopic (exact) mass is 202 g/mol. The first kappa shape index (κ1) is 13.9. The molecule has 3 N–H and O–H groups in total. The number of hydrogen-bond acceptors (Lipinski definition) is 3. The molecule has 0 saturated heterocycles. The van der Waals surface area contributed by atoms with E-state index in [2.05, 4.69) is 31.4 Å². The highest BCUT2D eigenvalue weighted by atomic mass is 16.3. The van der Waals surface area contributed by atoms with Crippen LogP contribution in [-0.2, 0) is 0 Å². The fourth-order valence-corrected chi connectivity index (χ4v) is 1.29. The van der Waals surface area contributed by atoms with Gasteiger partial charge in [0, 0.05) is 17.6 Å². The minimum absolute atomic E-state index is 0.0313. The second kappa shape index (κ2) is 4.17. The van der Waals surface area contributed by atoms with Gasteiger partial charge in [-0.25, -0.2) is 0 Å². The van der Waals surface area contributed by atoms with Crippen LogP contribution < -0.4 is 10.6 Å². The van der Waals surface area contributed by atoms with Crippen LogP contribution in [0.3, 0.4) is 0 Å². The van der Waals surface area contributed by atoms with Crippen LogP contribution in [0.25, 0.3) is 0 Å². The van der Waals surface area contributed by atoms with Crippen LogP contribution in [0.2, 0.25) is 0 Å². The van der Waals surface area contributed by atoms with E-state index in [9.17, 15) is 5.11 Å². The zero-order valence-electron chi connectivity index (χ0n) is 10.7. The zero-order valence-corrected chi connectivity index (χ0v) is 10.7. The second-order valence-corrected chi connectivity index (χ2v) is 6.25. The lowest BCUT2D eigenvalue weighted by atomic mass is 10.0. The summed E-state index contributed by atoms with van der Waals surface area (Å²) in [5, 5.41) is 16.5. The summed E-state index contributed by atoms with van der Waals surface area (Å²) in [4.78, 5) is 0. The third-order valence-corrected chi connectivity index (χ3v) is 1.61. The molecule has 0 aliphatic heterocycles. The molecular weight excluding hydrogens is 176 g/mol. The lowest BCUT2D eigenvalue weighted by Crippen LogP contribution is -2.59. The van der Waals surface area contributed by atoms with Gasteiger partial charge in [-0.1, -0.05) is 0 Å². The Kier molecular flexibility index (Phi) is 4.13. The first-order valence-corrected chi connectivity index (χ1v) is 5.18. The van der Waals surface area contributed by atoms with Gasteiger partial charge >= 0.3 is 0 Å². The van der Waals surface area contributed by atoms with Gasteiger partial charge in [-0.2, -0.15) is 0 Å². The predicted octanol–water partition coefficient (Wildman–Crippen LogP) is 1.47. The summed E-state index contributed by atoms with van der Waals surface area (Å²) in [6.07, 6.45) is 0. The molecule has 0 aliphatic rings. The van der Waals surface area contributed by atoms with E-state index >= 15 is 0 Å². The average molecular weight is 202 g/mol. The average Bonchev–Trinajstić information content (AvgIpc) is 1.76. The molecule has 0 spiro atoms. The molecule has 1 atom stereocenters. The van der Waals surface area contributed by atoms with Crippen LogP contribution in [0.15, 0.2) is 0 Å². The first-order chi connectivity index (χ1) is 5.91. The standard InChI is InChI=1S/C11H26N2O/c1-9(2,3)12-8-11(7,14)13-10(4,5)6/h12-14H,8H2,1-7H3. The van der Waals surface area contributed by atoms with Crippen molar-refractivity contribution in [1.82, 2.24) is 10.6 Å². The third kappa shape index (κ3) is 8.48. The van der Waals surface area contributed by atoms with Crippen molar-refractivity contribution in [3.05, 3.63) is 0 Å². The molecule has 0 saturated carbocycles. The van der Waals surface area contributed by atoms with Crippen LogP contribution in [0, 0.1) is 0 Å². The van der Waals surface area contributed by atoms with Crippen molar-refractivity contribution >= 4 is 0 Å². The Labute approximate surface area is 88.3 Å². The SMILES string of the molecule is CC(C)(C)NCC(C)(O)NC(C)(C)C. The van der Waals surface area contributed by atoms with Gasteiger partial charge in [-0.05, 0) is 48.5 Å². The topological polar surface area (TPSA) is 44.3 Å². The van der Waals surface area contributed by atoms with Gasteiger partial charge in [0.15, 0.2) is 0 Å². The highest BCUT2D eigenvalue weighted by Gasteiger charge is 2.27. The Morgan fingerprint density at radius 3 is 1.57 bits per heavy atom. The Morgan fingerprint density at radius 2 is 1.29 bits per heavy atom. The molecule has 0 amide bonds. The van der Waals surface area contributed by atoms with Gasteiger partial charge in [-0.3, -0.25) is 5.32 Å². The first-order valence-electron chi connectivity index (χ1n) is 5.18. The van der Waals surface area contributed by atoms with Crippen molar-refractivity contribution in [3.63, 3.8) is 0 Å². The second-order valence-electron chi connectivity index (χ2n) is 6.25. The molecule has 0 radical (unpaired) electrons. The van der Waals surface area contributed by atoms with Gasteiger partial charge in [-0.15, -0.1) is 0 Å². The Bertz CT molecular complexity index is 175. The molecule has 0 fully saturated rings. The molecule has 14 heavy (non-hydrogen) atoms.